The van der Waals surface area contributed by atoms with Crippen LogP contribution in [0, 0.1) is 0 Å². The minimum absolute atomic E-state index is 0.0953. The molecule has 0 spiro atoms. The molecule has 0 radical (unpaired) electrons. The molecule has 1 rings (SSSR count). The van der Waals surface area contributed by atoms with Gasteiger partial charge in [-0.1, -0.05) is 6.92 Å². The van der Waals surface area contributed by atoms with Crippen LogP contribution in [0.4, 0.5) is 0 Å². The lowest BCUT2D eigenvalue weighted by Crippen LogP contribution is -2.36. The normalized spacial score (nSPS) is 14.5. The molecule has 0 aliphatic carbocycles. The molecule has 80 valence electrons. The Balaban J connectivity index is 2.00. The number of amides is 1. The lowest BCUT2D eigenvalue weighted by Gasteiger charge is -2.06. The van der Waals surface area contributed by atoms with Gasteiger partial charge < -0.3 is 16.0 Å². The monoisotopic (exact) mass is 198 g/mol. The standard InChI is InChI=1S/C9H18N4O/c1-2-4-10-8(14)3-5-11-9-12-6-7-13-9/h2-7H2,1H3,(H,10,14)(H2,11,12,13). The number of nitrogens with zero attached hydrogens (tertiary/aromatic N) is 1. The average molecular weight is 198 g/mol. The molecule has 0 aromatic carbocycles. The largest absolute Gasteiger partial charge is 0.356 e. The Hall–Kier alpha value is -1.26. The van der Waals surface area contributed by atoms with E-state index >= 15 is 0 Å². The molecule has 1 heterocycles. The first-order valence-electron chi connectivity index (χ1n) is 5.12. The maximum absolute atomic E-state index is 11.2. The highest BCUT2D eigenvalue weighted by molar-refractivity contribution is 5.82. The Morgan fingerprint density at radius 1 is 1.57 bits per heavy atom. The number of rotatable bonds is 5. The molecule has 0 saturated carbocycles. The van der Waals surface area contributed by atoms with E-state index < -0.39 is 0 Å². The molecule has 0 unspecified atom stereocenters. The highest BCUT2D eigenvalue weighted by Crippen LogP contribution is 1.83. The number of aliphatic imine (C=N–C) groups is 1. The number of carbonyl (C=O) groups excluding carboxylic acids is 1. The number of guanidine groups is 1. The fourth-order valence-electron chi connectivity index (χ4n) is 1.16. The van der Waals surface area contributed by atoms with Gasteiger partial charge in [-0.3, -0.25) is 9.79 Å². The quantitative estimate of drug-likeness (QED) is 0.555. The topological polar surface area (TPSA) is 65.5 Å². The van der Waals surface area contributed by atoms with Crippen LogP contribution < -0.4 is 16.0 Å². The summed E-state index contributed by atoms with van der Waals surface area (Å²) >= 11 is 0. The first-order valence-corrected chi connectivity index (χ1v) is 5.12. The smallest absolute Gasteiger partial charge is 0.221 e. The second kappa shape index (κ2) is 6.23. The van der Waals surface area contributed by atoms with E-state index in [2.05, 4.69) is 20.9 Å². The number of hydrogen-bond acceptors (Lipinski definition) is 4. The van der Waals surface area contributed by atoms with Crippen molar-refractivity contribution < 1.29 is 4.79 Å². The Morgan fingerprint density at radius 2 is 2.43 bits per heavy atom. The van der Waals surface area contributed by atoms with Crippen LogP contribution in [0.2, 0.25) is 0 Å². The highest BCUT2D eigenvalue weighted by Gasteiger charge is 2.04. The third-order valence-electron chi connectivity index (χ3n) is 1.89. The van der Waals surface area contributed by atoms with Crippen LogP contribution in [0.15, 0.2) is 4.99 Å². The van der Waals surface area contributed by atoms with Crippen LogP contribution in [-0.4, -0.2) is 38.0 Å². The van der Waals surface area contributed by atoms with Crippen molar-refractivity contribution in [2.45, 2.75) is 19.8 Å². The fourth-order valence-corrected chi connectivity index (χ4v) is 1.16. The van der Waals surface area contributed by atoms with Crippen LogP contribution in [0.25, 0.3) is 0 Å². The molecule has 0 aromatic heterocycles. The second-order valence-electron chi connectivity index (χ2n) is 3.18. The molecule has 5 nitrogen and oxygen atoms in total. The molecule has 5 heteroatoms. The number of carbonyl (C=O) groups is 1. The summed E-state index contributed by atoms with van der Waals surface area (Å²) in [6.45, 7) is 5.16. The van der Waals surface area contributed by atoms with Crippen LogP contribution >= 0.6 is 0 Å². The molecule has 0 aromatic rings. The molecule has 0 saturated heterocycles. The predicted molar refractivity (Wildman–Crippen MR) is 56.2 cm³/mol. The number of hydrogen-bond donors (Lipinski definition) is 3. The Labute approximate surface area is 84.4 Å². The van der Waals surface area contributed by atoms with E-state index in [0.29, 0.717) is 13.0 Å². The first kappa shape index (κ1) is 10.8. The van der Waals surface area contributed by atoms with Gasteiger partial charge in [0.25, 0.3) is 0 Å². The van der Waals surface area contributed by atoms with Gasteiger partial charge in [0.05, 0.1) is 6.54 Å². The number of nitrogens with one attached hydrogen (secondary N) is 3. The van der Waals surface area contributed by atoms with Crippen molar-refractivity contribution in [1.82, 2.24) is 16.0 Å². The fraction of sp³-hybridized carbons (Fsp3) is 0.778. The van der Waals surface area contributed by atoms with E-state index in [4.69, 9.17) is 0 Å². The first-order chi connectivity index (χ1) is 6.83. The summed E-state index contributed by atoms with van der Waals surface area (Å²) in [7, 11) is 0. The van der Waals surface area contributed by atoms with E-state index in [1.54, 1.807) is 0 Å². The van der Waals surface area contributed by atoms with E-state index in [1.165, 1.54) is 0 Å². The van der Waals surface area contributed by atoms with Gasteiger partial charge in [0, 0.05) is 26.1 Å². The second-order valence-corrected chi connectivity index (χ2v) is 3.18. The van der Waals surface area contributed by atoms with Crippen molar-refractivity contribution >= 4 is 11.9 Å². The average Bonchev–Trinajstić information content (AvgIpc) is 2.67. The molecule has 3 N–H and O–H groups in total. The van der Waals surface area contributed by atoms with Gasteiger partial charge >= 0.3 is 0 Å². The lowest BCUT2D eigenvalue weighted by atomic mass is 10.4. The summed E-state index contributed by atoms with van der Waals surface area (Å²) in [4.78, 5) is 15.3. The minimum atomic E-state index is 0.0953. The summed E-state index contributed by atoms with van der Waals surface area (Å²) in [5.74, 6) is 0.909. The zero-order valence-corrected chi connectivity index (χ0v) is 8.60. The Kier molecular flexibility index (Phi) is 4.82. The summed E-state index contributed by atoms with van der Waals surface area (Å²) < 4.78 is 0. The SMILES string of the molecule is CCCNC(=O)CCNC1=NCCN1. The zero-order chi connectivity index (χ0) is 10.2. The predicted octanol–water partition coefficient (Wildman–Crippen LogP) is -0.548. The van der Waals surface area contributed by atoms with Crippen molar-refractivity contribution in [1.29, 1.82) is 0 Å². The van der Waals surface area contributed by atoms with E-state index in [1.807, 2.05) is 6.92 Å². The lowest BCUT2D eigenvalue weighted by molar-refractivity contribution is -0.120. The zero-order valence-electron chi connectivity index (χ0n) is 8.60. The maximum atomic E-state index is 11.2. The van der Waals surface area contributed by atoms with Gasteiger partial charge in [0.2, 0.25) is 5.91 Å². The summed E-state index contributed by atoms with van der Waals surface area (Å²) in [6, 6.07) is 0. The van der Waals surface area contributed by atoms with Gasteiger partial charge in [0.1, 0.15) is 0 Å². The van der Waals surface area contributed by atoms with Crippen LogP contribution in [0.1, 0.15) is 19.8 Å². The Morgan fingerprint density at radius 3 is 3.07 bits per heavy atom. The van der Waals surface area contributed by atoms with Crippen molar-refractivity contribution in [3.05, 3.63) is 0 Å². The molecule has 1 amide bonds. The molecule has 0 fully saturated rings. The van der Waals surface area contributed by atoms with Crippen molar-refractivity contribution in [3.63, 3.8) is 0 Å². The molecular weight excluding hydrogens is 180 g/mol. The molecule has 14 heavy (non-hydrogen) atoms. The van der Waals surface area contributed by atoms with Gasteiger partial charge in [-0.25, -0.2) is 0 Å². The van der Waals surface area contributed by atoms with E-state index in [0.717, 1.165) is 32.0 Å². The summed E-state index contributed by atoms with van der Waals surface area (Å²) in [5.41, 5.74) is 0. The highest BCUT2D eigenvalue weighted by atomic mass is 16.1. The molecule has 1 aliphatic rings. The molecule has 0 bridgehead atoms. The van der Waals surface area contributed by atoms with Crippen molar-refractivity contribution in [3.8, 4) is 0 Å². The van der Waals surface area contributed by atoms with Crippen molar-refractivity contribution in [2.75, 3.05) is 26.2 Å². The minimum Gasteiger partial charge on any atom is -0.356 e. The van der Waals surface area contributed by atoms with Gasteiger partial charge in [0.15, 0.2) is 5.96 Å². The third kappa shape index (κ3) is 4.11. The summed E-state index contributed by atoms with van der Waals surface area (Å²) in [6.07, 6.45) is 1.48. The van der Waals surface area contributed by atoms with Gasteiger partial charge in [-0.05, 0) is 6.42 Å². The molecular formula is C9H18N4O. The Bertz CT molecular complexity index is 215. The van der Waals surface area contributed by atoms with E-state index in [-0.39, 0.29) is 5.91 Å². The van der Waals surface area contributed by atoms with Crippen LogP contribution in [-0.2, 0) is 4.79 Å². The van der Waals surface area contributed by atoms with Gasteiger partial charge in [-0.15, -0.1) is 0 Å². The van der Waals surface area contributed by atoms with Crippen LogP contribution in [0.3, 0.4) is 0 Å². The van der Waals surface area contributed by atoms with Crippen LogP contribution in [0.5, 0.6) is 0 Å². The maximum Gasteiger partial charge on any atom is 0.221 e. The van der Waals surface area contributed by atoms with Crippen molar-refractivity contribution in [2.24, 2.45) is 4.99 Å². The third-order valence-corrected chi connectivity index (χ3v) is 1.89. The summed E-state index contributed by atoms with van der Waals surface area (Å²) in [5, 5.41) is 8.97. The van der Waals surface area contributed by atoms with E-state index in [9.17, 15) is 4.79 Å². The molecule has 0 atom stereocenters. The molecule has 1 aliphatic heterocycles. The van der Waals surface area contributed by atoms with Gasteiger partial charge in [-0.2, -0.15) is 0 Å².